The highest BCUT2D eigenvalue weighted by atomic mass is 16.5. The number of rotatable bonds is 3. The second-order valence-electron chi connectivity index (χ2n) is 6.61. The van der Waals surface area contributed by atoms with E-state index < -0.39 is 0 Å². The summed E-state index contributed by atoms with van der Waals surface area (Å²) in [6, 6.07) is 27.0. The monoisotopic (exact) mass is 343 g/mol. The maximum absolute atomic E-state index is 11.7. The number of hydrogen-bond donors (Lipinski definition) is 1. The Morgan fingerprint density at radius 2 is 1.58 bits per heavy atom. The maximum Gasteiger partial charge on any atom is 0.337 e. The first-order valence-corrected chi connectivity index (χ1v) is 8.84. The summed E-state index contributed by atoms with van der Waals surface area (Å²) in [6.07, 6.45) is 0.983. The predicted molar refractivity (Wildman–Crippen MR) is 103 cm³/mol. The van der Waals surface area contributed by atoms with Gasteiger partial charge in [0.25, 0.3) is 0 Å². The van der Waals surface area contributed by atoms with Gasteiger partial charge < -0.3 is 10.1 Å². The van der Waals surface area contributed by atoms with Gasteiger partial charge in [-0.1, -0.05) is 60.7 Å². The number of fused-ring (bicyclic) bond motifs is 1. The van der Waals surface area contributed by atoms with Crippen molar-refractivity contribution in [1.29, 1.82) is 0 Å². The van der Waals surface area contributed by atoms with Gasteiger partial charge in [-0.15, -0.1) is 0 Å². The minimum absolute atomic E-state index is 0.152. The van der Waals surface area contributed by atoms with Gasteiger partial charge in [-0.3, -0.25) is 0 Å². The molecule has 0 saturated heterocycles. The summed E-state index contributed by atoms with van der Waals surface area (Å²) in [4.78, 5) is 11.7. The van der Waals surface area contributed by atoms with E-state index in [4.69, 9.17) is 4.74 Å². The summed E-state index contributed by atoms with van der Waals surface area (Å²) < 4.78 is 4.80. The largest absolute Gasteiger partial charge is 0.465 e. The highest BCUT2D eigenvalue weighted by molar-refractivity contribution is 5.89. The molecule has 0 saturated carbocycles. The third kappa shape index (κ3) is 3.08. The van der Waals surface area contributed by atoms with E-state index in [0.29, 0.717) is 11.5 Å². The second kappa shape index (κ2) is 7.04. The number of carbonyl (C=O) groups is 1. The second-order valence-corrected chi connectivity index (χ2v) is 6.61. The van der Waals surface area contributed by atoms with Crippen molar-refractivity contribution in [2.75, 3.05) is 12.4 Å². The molecule has 0 amide bonds. The van der Waals surface area contributed by atoms with Gasteiger partial charge in [-0.25, -0.2) is 4.79 Å². The van der Waals surface area contributed by atoms with Crippen LogP contribution in [0.25, 0.3) is 0 Å². The standard InChI is InChI=1S/C23H21NO2/c1-26-23(25)18-13-11-17(12-14-18)22-20(16-7-3-2-4-8-16)15-19-9-5-6-10-21(19)24-22/h2-14,20,22,24H,15H2,1H3. The molecular formula is C23H21NO2. The van der Waals surface area contributed by atoms with Gasteiger partial charge in [0.15, 0.2) is 0 Å². The molecule has 1 N–H and O–H groups in total. The number of methoxy groups -OCH3 is 1. The molecule has 0 spiro atoms. The zero-order valence-electron chi connectivity index (χ0n) is 14.7. The van der Waals surface area contributed by atoms with Crippen LogP contribution in [0.1, 0.15) is 39.0 Å². The van der Waals surface area contributed by atoms with Gasteiger partial charge in [-0.05, 0) is 41.3 Å². The van der Waals surface area contributed by atoms with Crippen molar-refractivity contribution in [2.24, 2.45) is 0 Å². The van der Waals surface area contributed by atoms with Crippen LogP contribution in [0.4, 0.5) is 5.69 Å². The topological polar surface area (TPSA) is 38.3 Å². The Labute approximate surface area is 153 Å². The molecule has 1 aliphatic rings. The molecule has 2 unspecified atom stereocenters. The number of anilines is 1. The molecule has 0 aromatic heterocycles. The number of ether oxygens (including phenoxy) is 1. The normalized spacial score (nSPS) is 18.5. The fourth-order valence-corrected chi connectivity index (χ4v) is 3.73. The fourth-order valence-electron chi connectivity index (χ4n) is 3.73. The average Bonchev–Trinajstić information content (AvgIpc) is 2.73. The number of hydrogen-bond acceptors (Lipinski definition) is 3. The third-order valence-electron chi connectivity index (χ3n) is 5.09. The smallest absolute Gasteiger partial charge is 0.337 e. The van der Waals surface area contributed by atoms with E-state index in [1.54, 1.807) is 0 Å². The van der Waals surface area contributed by atoms with Crippen molar-refractivity contribution >= 4 is 11.7 Å². The van der Waals surface area contributed by atoms with E-state index >= 15 is 0 Å². The third-order valence-corrected chi connectivity index (χ3v) is 5.09. The fraction of sp³-hybridized carbons (Fsp3) is 0.174. The lowest BCUT2D eigenvalue weighted by Gasteiger charge is -2.35. The van der Waals surface area contributed by atoms with Gasteiger partial charge in [-0.2, -0.15) is 0 Å². The molecule has 0 fully saturated rings. The van der Waals surface area contributed by atoms with Crippen LogP contribution in [0.2, 0.25) is 0 Å². The van der Waals surface area contributed by atoms with Crippen molar-refractivity contribution in [3.8, 4) is 0 Å². The quantitative estimate of drug-likeness (QED) is 0.683. The summed E-state index contributed by atoms with van der Waals surface area (Å²) in [5.74, 6) is 0.0215. The Morgan fingerprint density at radius 1 is 0.885 bits per heavy atom. The highest BCUT2D eigenvalue weighted by Gasteiger charge is 2.30. The maximum atomic E-state index is 11.7. The lowest BCUT2D eigenvalue weighted by molar-refractivity contribution is 0.0600. The van der Waals surface area contributed by atoms with Crippen molar-refractivity contribution in [3.63, 3.8) is 0 Å². The van der Waals surface area contributed by atoms with Crippen LogP contribution in [0.5, 0.6) is 0 Å². The Hall–Kier alpha value is -3.07. The van der Waals surface area contributed by atoms with Gasteiger partial charge >= 0.3 is 5.97 Å². The highest BCUT2D eigenvalue weighted by Crippen LogP contribution is 2.42. The molecule has 1 aliphatic heterocycles. The van der Waals surface area contributed by atoms with Crippen molar-refractivity contribution < 1.29 is 9.53 Å². The van der Waals surface area contributed by atoms with Crippen LogP contribution in [0.15, 0.2) is 78.9 Å². The Bertz CT molecular complexity index is 903. The van der Waals surface area contributed by atoms with Crippen molar-refractivity contribution in [1.82, 2.24) is 0 Å². The predicted octanol–water partition coefficient (Wildman–Crippen LogP) is 4.97. The molecule has 2 atom stereocenters. The summed E-state index contributed by atoms with van der Waals surface area (Å²) >= 11 is 0. The molecule has 1 heterocycles. The molecule has 3 aromatic rings. The molecular weight excluding hydrogens is 322 g/mol. The molecule has 4 rings (SSSR count). The zero-order chi connectivity index (χ0) is 17.9. The Kier molecular flexibility index (Phi) is 4.44. The van der Waals surface area contributed by atoms with Gasteiger partial charge in [0.05, 0.1) is 18.7 Å². The van der Waals surface area contributed by atoms with E-state index in [2.05, 4.69) is 53.8 Å². The first-order valence-electron chi connectivity index (χ1n) is 8.84. The summed E-state index contributed by atoms with van der Waals surface area (Å²) in [5, 5.41) is 3.71. The minimum atomic E-state index is -0.307. The van der Waals surface area contributed by atoms with Crippen molar-refractivity contribution in [2.45, 2.75) is 18.4 Å². The van der Waals surface area contributed by atoms with Crippen LogP contribution in [0, 0.1) is 0 Å². The van der Waals surface area contributed by atoms with Gasteiger partial charge in [0.2, 0.25) is 0 Å². The molecule has 26 heavy (non-hydrogen) atoms. The van der Waals surface area contributed by atoms with E-state index in [1.807, 2.05) is 30.3 Å². The Morgan fingerprint density at radius 3 is 2.31 bits per heavy atom. The molecule has 0 radical (unpaired) electrons. The number of nitrogens with one attached hydrogen (secondary N) is 1. The van der Waals surface area contributed by atoms with Crippen LogP contribution in [0.3, 0.4) is 0 Å². The first-order chi connectivity index (χ1) is 12.8. The van der Waals surface area contributed by atoms with Gasteiger partial charge in [0, 0.05) is 11.6 Å². The molecule has 3 nitrogen and oxygen atoms in total. The summed E-state index contributed by atoms with van der Waals surface area (Å²) in [7, 11) is 1.40. The molecule has 0 aliphatic carbocycles. The van der Waals surface area contributed by atoms with Crippen LogP contribution < -0.4 is 5.32 Å². The van der Waals surface area contributed by atoms with Crippen LogP contribution >= 0.6 is 0 Å². The minimum Gasteiger partial charge on any atom is -0.465 e. The van der Waals surface area contributed by atoms with E-state index in [-0.39, 0.29) is 12.0 Å². The number of esters is 1. The van der Waals surface area contributed by atoms with Crippen LogP contribution in [-0.4, -0.2) is 13.1 Å². The van der Waals surface area contributed by atoms with Gasteiger partial charge in [0.1, 0.15) is 0 Å². The lowest BCUT2D eigenvalue weighted by Crippen LogP contribution is -2.26. The van der Waals surface area contributed by atoms with E-state index in [0.717, 1.165) is 6.42 Å². The van der Waals surface area contributed by atoms with E-state index in [9.17, 15) is 4.79 Å². The lowest BCUT2D eigenvalue weighted by atomic mass is 9.79. The summed E-state index contributed by atoms with van der Waals surface area (Å²) in [6.45, 7) is 0. The number of para-hydroxylation sites is 1. The number of benzene rings is 3. The number of carbonyl (C=O) groups excluding carboxylic acids is 1. The first kappa shape index (κ1) is 16.4. The average molecular weight is 343 g/mol. The van der Waals surface area contributed by atoms with E-state index in [1.165, 1.54) is 29.5 Å². The molecule has 3 aromatic carbocycles. The molecule has 130 valence electrons. The summed E-state index contributed by atoms with van der Waals surface area (Å²) in [5.41, 5.74) is 5.58. The Balaban J connectivity index is 1.72. The zero-order valence-corrected chi connectivity index (χ0v) is 14.7. The SMILES string of the molecule is COC(=O)c1ccc(C2Nc3ccccc3CC2c2ccccc2)cc1. The van der Waals surface area contributed by atoms with Crippen LogP contribution in [-0.2, 0) is 11.2 Å². The molecule has 0 bridgehead atoms. The van der Waals surface area contributed by atoms with Crippen molar-refractivity contribution in [3.05, 3.63) is 101 Å². The molecule has 3 heteroatoms.